The lowest BCUT2D eigenvalue weighted by Crippen LogP contribution is -1.98. The van der Waals surface area contributed by atoms with Gasteiger partial charge in [-0.15, -0.1) is 0 Å². The van der Waals surface area contributed by atoms with Crippen LogP contribution in [0.25, 0.3) is 50.3 Å². The second-order valence-electron chi connectivity index (χ2n) is 7.53. The maximum atomic E-state index is 4.71. The largest absolute Gasteiger partial charge is 0.309 e. The summed E-state index contributed by atoms with van der Waals surface area (Å²) >= 11 is 3.44. The van der Waals surface area contributed by atoms with Gasteiger partial charge in [-0.3, -0.25) is 0 Å². The monoisotopic (exact) mass is 476 g/mol. The van der Waals surface area contributed by atoms with Gasteiger partial charge in [0.1, 0.15) is 0 Å². The molecular formula is C27H17BrN4. The first kappa shape index (κ1) is 18.9. The van der Waals surface area contributed by atoms with Crippen molar-refractivity contribution in [3.63, 3.8) is 0 Å². The number of aromatic nitrogens is 4. The third kappa shape index (κ3) is 3.18. The third-order valence-corrected chi connectivity index (χ3v) is 5.96. The average molecular weight is 477 g/mol. The van der Waals surface area contributed by atoms with E-state index in [1.54, 1.807) is 0 Å². The maximum Gasteiger partial charge on any atom is 0.200 e. The van der Waals surface area contributed by atoms with Crippen molar-refractivity contribution in [1.29, 1.82) is 0 Å². The molecular weight excluding hydrogens is 460 g/mol. The van der Waals surface area contributed by atoms with Crippen molar-refractivity contribution in [1.82, 2.24) is 19.5 Å². The summed E-state index contributed by atoms with van der Waals surface area (Å²) in [5.74, 6) is 1.29. The van der Waals surface area contributed by atoms with Gasteiger partial charge in [-0.1, -0.05) is 66.7 Å². The molecule has 0 fully saturated rings. The Kier molecular flexibility index (Phi) is 4.55. The molecule has 2 aromatic heterocycles. The van der Waals surface area contributed by atoms with Gasteiger partial charge in [0.05, 0.1) is 11.0 Å². The van der Waals surface area contributed by atoms with E-state index in [0.717, 1.165) is 16.8 Å². The summed E-state index contributed by atoms with van der Waals surface area (Å²) in [6.07, 6.45) is 0. The number of nitrogens with zero attached hydrogens (tertiary/aromatic N) is 4. The van der Waals surface area contributed by atoms with Crippen LogP contribution in [0.2, 0.25) is 0 Å². The van der Waals surface area contributed by atoms with Crippen LogP contribution in [0.5, 0.6) is 0 Å². The third-order valence-electron chi connectivity index (χ3n) is 5.60. The minimum absolute atomic E-state index is 0.521. The summed E-state index contributed by atoms with van der Waals surface area (Å²) in [7, 11) is 0. The highest BCUT2D eigenvalue weighted by Crippen LogP contribution is 2.32. The second kappa shape index (κ2) is 7.70. The fourth-order valence-corrected chi connectivity index (χ4v) is 4.49. The maximum absolute atomic E-state index is 4.71. The Bertz CT molecular complexity index is 1520. The molecule has 0 atom stereocenters. The first-order chi connectivity index (χ1) is 15.8. The normalized spacial score (nSPS) is 11.3. The standard InChI is InChI=1S/C27H17BrN4/c28-27-30-25(18-8-2-1-3-9-18)29-26(31-27)19-14-16-20(17-15-19)32-23-12-6-4-10-21(23)22-11-5-7-13-24(22)32/h1-17H. The molecule has 6 rings (SSSR count). The summed E-state index contributed by atoms with van der Waals surface area (Å²) in [5.41, 5.74) is 5.38. The predicted molar refractivity (Wildman–Crippen MR) is 133 cm³/mol. The van der Waals surface area contributed by atoms with Crippen LogP contribution in [0.1, 0.15) is 0 Å². The Morgan fingerprint density at radius 1 is 0.500 bits per heavy atom. The fraction of sp³-hybridized carbons (Fsp3) is 0. The summed E-state index contributed by atoms with van der Waals surface area (Å²) in [6, 6.07) is 35.3. The molecule has 4 nitrogen and oxygen atoms in total. The summed E-state index contributed by atoms with van der Waals surface area (Å²) in [5, 5.41) is 2.50. The highest BCUT2D eigenvalue weighted by molar-refractivity contribution is 9.10. The molecule has 0 spiro atoms. The van der Waals surface area contributed by atoms with Gasteiger partial charge in [-0.2, -0.15) is 0 Å². The van der Waals surface area contributed by atoms with E-state index in [0.29, 0.717) is 16.4 Å². The minimum atomic E-state index is 0.521. The van der Waals surface area contributed by atoms with Crippen LogP contribution in [0.3, 0.4) is 0 Å². The Morgan fingerprint density at radius 3 is 1.59 bits per heavy atom. The quantitative estimate of drug-likeness (QED) is 0.274. The Hall–Kier alpha value is -3.83. The second-order valence-corrected chi connectivity index (χ2v) is 8.24. The van der Waals surface area contributed by atoms with Crippen LogP contribution >= 0.6 is 15.9 Å². The molecule has 0 bridgehead atoms. The number of hydrogen-bond donors (Lipinski definition) is 0. The summed E-state index contributed by atoms with van der Waals surface area (Å²) in [4.78, 5) is 13.7. The molecule has 0 saturated carbocycles. The van der Waals surface area contributed by atoms with E-state index in [4.69, 9.17) is 4.98 Å². The topological polar surface area (TPSA) is 43.6 Å². The predicted octanol–water partition coefficient (Wildman–Crippen LogP) is 7.07. The highest BCUT2D eigenvalue weighted by atomic mass is 79.9. The van der Waals surface area contributed by atoms with Crippen molar-refractivity contribution in [3.05, 3.63) is 108 Å². The first-order valence-electron chi connectivity index (χ1n) is 10.3. The number of rotatable bonds is 3. The fourth-order valence-electron chi connectivity index (χ4n) is 4.16. The van der Waals surface area contributed by atoms with E-state index in [2.05, 4.69) is 103 Å². The molecule has 0 aliphatic rings. The molecule has 0 aliphatic heterocycles. The van der Waals surface area contributed by atoms with E-state index < -0.39 is 0 Å². The minimum Gasteiger partial charge on any atom is -0.309 e. The Morgan fingerprint density at radius 2 is 1.00 bits per heavy atom. The molecule has 6 aromatic rings. The Balaban J connectivity index is 1.46. The van der Waals surface area contributed by atoms with E-state index in [1.165, 1.54) is 21.8 Å². The van der Waals surface area contributed by atoms with E-state index in [1.807, 2.05) is 30.3 Å². The van der Waals surface area contributed by atoms with Crippen molar-refractivity contribution in [2.45, 2.75) is 0 Å². The van der Waals surface area contributed by atoms with Crippen molar-refractivity contribution in [2.75, 3.05) is 0 Å². The molecule has 0 amide bonds. The Labute approximate surface area is 193 Å². The number of para-hydroxylation sites is 2. The van der Waals surface area contributed by atoms with Gasteiger partial charge >= 0.3 is 0 Å². The summed E-state index contributed by atoms with van der Waals surface area (Å²) < 4.78 is 2.82. The smallest absolute Gasteiger partial charge is 0.200 e. The van der Waals surface area contributed by atoms with E-state index in [9.17, 15) is 0 Å². The SMILES string of the molecule is Brc1nc(-c2ccccc2)nc(-c2ccc(-n3c4ccccc4c4ccccc43)cc2)n1. The van der Waals surface area contributed by atoms with Gasteiger partial charge in [-0.25, -0.2) is 15.0 Å². The number of fused-ring (bicyclic) bond motifs is 3. The summed E-state index contributed by atoms with van der Waals surface area (Å²) in [6.45, 7) is 0. The van der Waals surface area contributed by atoms with Crippen LogP contribution in [0, 0.1) is 0 Å². The van der Waals surface area contributed by atoms with Crippen molar-refractivity contribution in [3.8, 4) is 28.5 Å². The molecule has 32 heavy (non-hydrogen) atoms. The van der Waals surface area contributed by atoms with Gasteiger partial charge in [0, 0.05) is 27.6 Å². The van der Waals surface area contributed by atoms with Gasteiger partial charge in [0.25, 0.3) is 0 Å². The molecule has 2 heterocycles. The lowest BCUT2D eigenvalue weighted by atomic mass is 10.1. The molecule has 5 heteroatoms. The molecule has 0 aliphatic carbocycles. The lowest BCUT2D eigenvalue weighted by Gasteiger charge is -2.09. The number of benzene rings is 4. The molecule has 4 aromatic carbocycles. The molecule has 152 valence electrons. The molecule has 0 radical (unpaired) electrons. The zero-order valence-electron chi connectivity index (χ0n) is 17.0. The van der Waals surface area contributed by atoms with Gasteiger partial charge in [0.2, 0.25) is 4.73 Å². The van der Waals surface area contributed by atoms with Crippen molar-refractivity contribution < 1.29 is 0 Å². The van der Waals surface area contributed by atoms with Gasteiger partial charge < -0.3 is 4.57 Å². The van der Waals surface area contributed by atoms with Crippen LogP contribution in [-0.2, 0) is 0 Å². The number of halogens is 1. The molecule has 0 unspecified atom stereocenters. The molecule has 0 N–H and O–H groups in total. The zero-order valence-corrected chi connectivity index (χ0v) is 18.6. The lowest BCUT2D eigenvalue weighted by molar-refractivity contribution is 1.03. The van der Waals surface area contributed by atoms with Crippen LogP contribution in [0.15, 0.2) is 108 Å². The zero-order chi connectivity index (χ0) is 21.5. The van der Waals surface area contributed by atoms with Crippen LogP contribution in [0.4, 0.5) is 0 Å². The average Bonchev–Trinajstić information content (AvgIpc) is 3.19. The van der Waals surface area contributed by atoms with Crippen LogP contribution < -0.4 is 0 Å². The van der Waals surface area contributed by atoms with Crippen molar-refractivity contribution in [2.24, 2.45) is 0 Å². The number of hydrogen-bond acceptors (Lipinski definition) is 3. The van der Waals surface area contributed by atoms with E-state index in [-0.39, 0.29) is 0 Å². The first-order valence-corrected chi connectivity index (χ1v) is 11.1. The van der Waals surface area contributed by atoms with Crippen LogP contribution in [-0.4, -0.2) is 19.5 Å². The van der Waals surface area contributed by atoms with E-state index >= 15 is 0 Å². The molecule has 0 saturated heterocycles. The van der Waals surface area contributed by atoms with Gasteiger partial charge in [-0.05, 0) is 52.3 Å². The highest BCUT2D eigenvalue weighted by Gasteiger charge is 2.13. The van der Waals surface area contributed by atoms with Gasteiger partial charge in [0.15, 0.2) is 11.6 Å². The van der Waals surface area contributed by atoms with Crippen molar-refractivity contribution >= 4 is 37.7 Å².